The van der Waals surface area contributed by atoms with Gasteiger partial charge in [0.25, 0.3) is 0 Å². The van der Waals surface area contributed by atoms with E-state index in [1.54, 1.807) is 32.4 Å². The van der Waals surface area contributed by atoms with Gasteiger partial charge in [-0.2, -0.15) is 0 Å². The number of ether oxygens (including phenoxy) is 3. The van der Waals surface area contributed by atoms with E-state index in [2.05, 4.69) is 20.8 Å². The van der Waals surface area contributed by atoms with Crippen LogP contribution in [-0.4, -0.2) is 26.3 Å². The van der Waals surface area contributed by atoms with Gasteiger partial charge < -0.3 is 14.2 Å². The molecule has 0 heterocycles. The summed E-state index contributed by atoms with van der Waals surface area (Å²) >= 11 is 0. The summed E-state index contributed by atoms with van der Waals surface area (Å²) in [4.78, 5) is 12.8. The summed E-state index contributed by atoms with van der Waals surface area (Å²) in [5.41, 5.74) is 0.373. The van der Waals surface area contributed by atoms with Crippen molar-refractivity contribution in [1.82, 2.24) is 0 Å². The maximum absolute atomic E-state index is 12.8. The van der Waals surface area contributed by atoms with Crippen LogP contribution in [0.2, 0.25) is 0 Å². The molecule has 23 heavy (non-hydrogen) atoms. The second kappa shape index (κ2) is 7.71. The standard InChI is InChI=1S/C19H28O4/c1-12(2)14-10-9-13(3)11-17(14)23-19(20)18-15(21-4)7-6-8-16(18)22-5/h6-8,12-14,17H,9-11H2,1-5H3/t13-,14+,17-/m0/s1. The molecule has 1 aliphatic carbocycles. The molecule has 0 N–H and O–H groups in total. The van der Waals surface area contributed by atoms with E-state index in [9.17, 15) is 4.79 Å². The Morgan fingerprint density at radius 2 is 1.74 bits per heavy atom. The van der Waals surface area contributed by atoms with Gasteiger partial charge in [0.05, 0.1) is 14.2 Å². The molecular formula is C19H28O4. The fourth-order valence-corrected chi connectivity index (χ4v) is 3.50. The first kappa shape index (κ1) is 17.6. The van der Waals surface area contributed by atoms with Gasteiger partial charge in [0.2, 0.25) is 0 Å². The first-order valence-corrected chi connectivity index (χ1v) is 8.39. The molecule has 0 radical (unpaired) electrons. The summed E-state index contributed by atoms with van der Waals surface area (Å²) in [5.74, 6) is 2.11. The van der Waals surface area contributed by atoms with Crippen LogP contribution in [-0.2, 0) is 4.74 Å². The van der Waals surface area contributed by atoms with Gasteiger partial charge >= 0.3 is 5.97 Å². The molecule has 0 amide bonds. The van der Waals surface area contributed by atoms with Crippen LogP contribution in [0.5, 0.6) is 11.5 Å². The molecule has 1 saturated carbocycles. The highest BCUT2D eigenvalue weighted by molar-refractivity contribution is 5.95. The summed E-state index contributed by atoms with van der Waals surface area (Å²) < 4.78 is 16.5. The van der Waals surface area contributed by atoms with Crippen LogP contribution >= 0.6 is 0 Å². The fraction of sp³-hybridized carbons (Fsp3) is 0.632. The fourth-order valence-electron chi connectivity index (χ4n) is 3.50. The van der Waals surface area contributed by atoms with E-state index >= 15 is 0 Å². The quantitative estimate of drug-likeness (QED) is 0.758. The molecular weight excluding hydrogens is 292 g/mol. The number of carbonyl (C=O) groups is 1. The number of esters is 1. The van der Waals surface area contributed by atoms with Crippen molar-refractivity contribution in [3.05, 3.63) is 23.8 Å². The predicted molar refractivity (Wildman–Crippen MR) is 90.1 cm³/mol. The smallest absolute Gasteiger partial charge is 0.346 e. The third-order valence-electron chi connectivity index (χ3n) is 4.85. The highest BCUT2D eigenvalue weighted by Crippen LogP contribution is 2.37. The maximum atomic E-state index is 12.8. The SMILES string of the molecule is COc1cccc(OC)c1C(=O)O[C@H]1C[C@@H](C)CC[C@@H]1C(C)C. The van der Waals surface area contributed by atoms with Gasteiger partial charge in [-0.15, -0.1) is 0 Å². The summed E-state index contributed by atoms with van der Waals surface area (Å²) in [5, 5.41) is 0. The Hall–Kier alpha value is -1.71. The van der Waals surface area contributed by atoms with Crippen LogP contribution in [0.15, 0.2) is 18.2 Å². The maximum Gasteiger partial charge on any atom is 0.346 e. The minimum absolute atomic E-state index is 0.0409. The zero-order valence-electron chi connectivity index (χ0n) is 14.8. The second-order valence-electron chi connectivity index (χ2n) is 6.81. The lowest BCUT2D eigenvalue weighted by Crippen LogP contribution is -2.36. The number of methoxy groups -OCH3 is 2. The average Bonchev–Trinajstić information content (AvgIpc) is 2.53. The third kappa shape index (κ3) is 3.98. The van der Waals surface area contributed by atoms with E-state index in [0.29, 0.717) is 34.8 Å². The molecule has 4 heteroatoms. The molecule has 4 nitrogen and oxygen atoms in total. The zero-order chi connectivity index (χ0) is 17.0. The van der Waals surface area contributed by atoms with Crippen molar-refractivity contribution in [2.75, 3.05) is 14.2 Å². The molecule has 0 spiro atoms. The van der Waals surface area contributed by atoms with Gasteiger partial charge in [0.15, 0.2) is 0 Å². The summed E-state index contributed by atoms with van der Waals surface area (Å²) in [6.07, 6.45) is 3.20. The Balaban J connectivity index is 2.23. The highest BCUT2D eigenvalue weighted by atomic mass is 16.5. The van der Waals surface area contributed by atoms with Gasteiger partial charge in [-0.3, -0.25) is 0 Å². The Kier molecular flexibility index (Phi) is 5.91. The van der Waals surface area contributed by atoms with E-state index in [-0.39, 0.29) is 12.1 Å². The minimum Gasteiger partial charge on any atom is -0.496 e. The lowest BCUT2D eigenvalue weighted by Gasteiger charge is -2.36. The normalized spacial score (nSPS) is 24.3. The van der Waals surface area contributed by atoms with Crippen molar-refractivity contribution in [2.24, 2.45) is 17.8 Å². The van der Waals surface area contributed by atoms with E-state index in [1.807, 2.05) is 0 Å². The lowest BCUT2D eigenvalue weighted by molar-refractivity contribution is -0.0178. The molecule has 1 fully saturated rings. The van der Waals surface area contributed by atoms with Crippen molar-refractivity contribution in [1.29, 1.82) is 0 Å². The van der Waals surface area contributed by atoms with Crippen molar-refractivity contribution in [3.63, 3.8) is 0 Å². The average molecular weight is 320 g/mol. The topological polar surface area (TPSA) is 44.8 Å². The van der Waals surface area contributed by atoms with Gasteiger partial charge in [-0.1, -0.05) is 33.3 Å². The summed E-state index contributed by atoms with van der Waals surface area (Å²) in [7, 11) is 3.09. The molecule has 128 valence electrons. The third-order valence-corrected chi connectivity index (χ3v) is 4.85. The Labute approximate surface area is 139 Å². The Bertz CT molecular complexity index is 516. The van der Waals surface area contributed by atoms with Gasteiger partial charge in [-0.25, -0.2) is 4.79 Å². The molecule has 0 aliphatic heterocycles. The number of hydrogen-bond donors (Lipinski definition) is 0. The van der Waals surface area contributed by atoms with Crippen molar-refractivity contribution in [2.45, 2.75) is 46.1 Å². The predicted octanol–water partition coefficient (Wildman–Crippen LogP) is 4.32. The Morgan fingerprint density at radius 3 is 2.26 bits per heavy atom. The van der Waals surface area contributed by atoms with Crippen molar-refractivity contribution in [3.8, 4) is 11.5 Å². The van der Waals surface area contributed by atoms with Crippen LogP contribution in [0.25, 0.3) is 0 Å². The largest absolute Gasteiger partial charge is 0.496 e. The number of hydrogen-bond acceptors (Lipinski definition) is 4. The summed E-state index contributed by atoms with van der Waals surface area (Å²) in [6.45, 7) is 6.62. The molecule has 0 saturated heterocycles. The number of carbonyl (C=O) groups excluding carboxylic acids is 1. The molecule has 1 aliphatic rings. The number of benzene rings is 1. The van der Waals surface area contributed by atoms with Gasteiger partial charge in [-0.05, 0) is 42.7 Å². The number of rotatable bonds is 5. The lowest BCUT2D eigenvalue weighted by atomic mass is 9.75. The van der Waals surface area contributed by atoms with Crippen LogP contribution < -0.4 is 9.47 Å². The minimum atomic E-state index is -0.357. The van der Waals surface area contributed by atoms with E-state index in [4.69, 9.17) is 14.2 Å². The monoisotopic (exact) mass is 320 g/mol. The molecule has 1 aromatic rings. The molecule has 3 atom stereocenters. The van der Waals surface area contributed by atoms with Crippen molar-refractivity contribution >= 4 is 5.97 Å². The zero-order valence-corrected chi connectivity index (χ0v) is 14.8. The molecule has 2 rings (SSSR count). The van der Waals surface area contributed by atoms with E-state index < -0.39 is 0 Å². The van der Waals surface area contributed by atoms with E-state index in [0.717, 1.165) is 12.8 Å². The molecule has 0 unspecified atom stereocenters. The van der Waals surface area contributed by atoms with Gasteiger partial charge in [0, 0.05) is 0 Å². The summed E-state index contributed by atoms with van der Waals surface area (Å²) in [6, 6.07) is 5.30. The van der Waals surface area contributed by atoms with E-state index in [1.165, 1.54) is 6.42 Å². The highest BCUT2D eigenvalue weighted by Gasteiger charge is 2.34. The van der Waals surface area contributed by atoms with Crippen LogP contribution in [0.4, 0.5) is 0 Å². The Morgan fingerprint density at radius 1 is 1.13 bits per heavy atom. The van der Waals surface area contributed by atoms with Crippen LogP contribution in [0.1, 0.15) is 50.4 Å². The molecule has 0 aromatic heterocycles. The van der Waals surface area contributed by atoms with Gasteiger partial charge in [0.1, 0.15) is 23.2 Å². The van der Waals surface area contributed by atoms with Crippen LogP contribution in [0, 0.1) is 17.8 Å². The molecule has 1 aromatic carbocycles. The second-order valence-corrected chi connectivity index (χ2v) is 6.81. The molecule has 0 bridgehead atoms. The van der Waals surface area contributed by atoms with Crippen LogP contribution in [0.3, 0.4) is 0 Å². The first-order chi connectivity index (χ1) is 11.0. The first-order valence-electron chi connectivity index (χ1n) is 8.39. The van der Waals surface area contributed by atoms with Crippen molar-refractivity contribution < 1.29 is 19.0 Å².